The second-order valence-electron chi connectivity index (χ2n) is 2.59. The van der Waals surface area contributed by atoms with E-state index in [1.165, 1.54) is 18.0 Å². The average molecular weight is 258 g/mol. The molecule has 2 rings (SSSR count). The van der Waals surface area contributed by atoms with Crippen LogP contribution in [0.15, 0.2) is 40.8 Å². The highest BCUT2D eigenvalue weighted by Gasteiger charge is 2.03. The van der Waals surface area contributed by atoms with E-state index in [1.807, 2.05) is 6.07 Å². The summed E-state index contributed by atoms with van der Waals surface area (Å²) in [7, 11) is 0. The second kappa shape index (κ2) is 4.79. The summed E-state index contributed by atoms with van der Waals surface area (Å²) >= 11 is 13.0. The standard InChI is InChI=1S/C9H5Cl2N3S/c10-6-3-12-2-1-7(6)15-9-5-13-8(11)4-14-9/h1-5H. The summed E-state index contributed by atoms with van der Waals surface area (Å²) in [6.45, 7) is 0. The Hall–Kier alpha value is -0.840. The van der Waals surface area contributed by atoms with Crippen molar-refractivity contribution in [1.29, 1.82) is 0 Å². The van der Waals surface area contributed by atoms with Gasteiger partial charge < -0.3 is 0 Å². The van der Waals surface area contributed by atoms with Gasteiger partial charge in [-0.3, -0.25) is 4.98 Å². The van der Waals surface area contributed by atoms with E-state index >= 15 is 0 Å². The maximum atomic E-state index is 5.95. The minimum Gasteiger partial charge on any atom is -0.263 e. The predicted octanol–water partition coefficient (Wildman–Crippen LogP) is 3.33. The van der Waals surface area contributed by atoms with Crippen molar-refractivity contribution >= 4 is 35.0 Å². The van der Waals surface area contributed by atoms with Crippen LogP contribution in [-0.4, -0.2) is 15.0 Å². The predicted molar refractivity (Wildman–Crippen MR) is 60.4 cm³/mol. The van der Waals surface area contributed by atoms with Gasteiger partial charge in [-0.15, -0.1) is 0 Å². The minimum absolute atomic E-state index is 0.375. The molecule has 0 saturated heterocycles. The van der Waals surface area contributed by atoms with Crippen molar-refractivity contribution in [2.45, 2.75) is 9.92 Å². The molecule has 0 aromatic carbocycles. The van der Waals surface area contributed by atoms with Crippen LogP contribution in [0.3, 0.4) is 0 Å². The van der Waals surface area contributed by atoms with Gasteiger partial charge in [0.15, 0.2) is 0 Å². The van der Waals surface area contributed by atoms with E-state index in [0.717, 1.165) is 9.92 Å². The number of hydrogen-bond acceptors (Lipinski definition) is 4. The molecule has 0 amide bonds. The Labute approximate surface area is 101 Å². The molecule has 76 valence electrons. The van der Waals surface area contributed by atoms with E-state index in [2.05, 4.69) is 15.0 Å². The number of pyridine rings is 1. The normalized spacial score (nSPS) is 10.3. The van der Waals surface area contributed by atoms with Crippen molar-refractivity contribution in [2.75, 3.05) is 0 Å². The number of nitrogens with zero attached hydrogens (tertiary/aromatic N) is 3. The fourth-order valence-corrected chi connectivity index (χ4v) is 1.96. The first kappa shape index (κ1) is 10.7. The molecule has 2 aromatic rings. The monoisotopic (exact) mass is 257 g/mol. The first-order valence-corrected chi connectivity index (χ1v) is 5.58. The van der Waals surface area contributed by atoms with E-state index < -0.39 is 0 Å². The molecule has 0 aliphatic carbocycles. The number of aromatic nitrogens is 3. The summed E-state index contributed by atoms with van der Waals surface area (Å²) in [4.78, 5) is 12.8. The SMILES string of the molecule is Clc1cnc(Sc2ccncc2Cl)cn1. The Morgan fingerprint density at radius 3 is 2.60 bits per heavy atom. The van der Waals surface area contributed by atoms with Gasteiger partial charge in [0, 0.05) is 17.3 Å². The lowest BCUT2D eigenvalue weighted by Gasteiger charge is -2.01. The molecule has 0 bridgehead atoms. The van der Waals surface area contributed by atoms with Crippen LogP contribution >= 0.6 is 35.0 Å². The molecule has 2 aromatic heterocycles. The summed E-state index contributed by atoms with van der Waals surface area (Å²) in [5.41, 5.74) is 0. The Bertz CT molecular complexity index is 461. The van der Waals surface area contributed by atoms with Crippen LogP contribution in [0.5, 0.6) is 0 Å². The van der Waals surface area contributed by atoms with E-state index in [1.54, 1.807) is 18.6 Å². The lowest BCUT2D eigenvalue weighted by Crippen LogP contribution is -1.83. The van der Waals surface area contributed by atoms with Crippen LogP contribution in [-0.2, 0) is 0 Å². The molecule has 2 heterocycles. The molecule has 0 aliphatic heterocycles. The van der Waals surface area contributed by atoms with E-state index in [0.29, 0.717) is 10.2 Å². The molecule has 0 unspecified atom stereocenters. The third-order valence-corrected chi connectivity index (χ3v) is 3.15. The number of halogens is 2. The molecule has 6 heteroatoms. The summed E-state index contributed by atoms with van der Waals surface area (Å²) in [6, 6.07) is 1.82. The van der Waals surface area contributed by atoms with Gasteiger partial charge in [-0.2, -0.15) is 0 Å². The molecule has 0 radical (unpaired) electrons. The third-order valence-electron chi connectivity index (χ3n) is 1.55. The van der Waals surface area contributed by atoms with Crippen LogP contribution in [0.25, 0.3) is 0 Å². The summed E-state index contributed by atoms with van der Waals surface area (Å²) in [5.74, 6) is 0. The highest BCUT2D eigenvalue weighted by Crippen LogP contribution is 2.30. The Morgan fingerprint density at radius 2 is 1.93 bits per heavy atom. The maximum absolute atomic E-state index is 5.95. The smallest absolute Gasteiger partial charge is 0.147 e. The quantitative estimate of drug-likeness (QED) is 0.828. The van der Waals surface area contributed by atoms with Crippen molar-refractivity contribution in [3.63, 3.8) is 0 Å². The summed E-state index contributed by atoms with van der Waals surface area (Å²) in [5, 5.41) is 1.71. The van der Waals surface area contributed by atoms with Crippen molar-refractivity contribution in [3.05, 3.63) is 41.0 Å². The number of hydrogen-bond donors (Lipinski definition) is 0. The molecule has 0 aliphatic rings. The molecule has 3 nitrogen and oxygen atoms in total. The van der Waals surface area contributed by atoms with Gasteiger partial charge in [-0.25, -0.2) is 9.97 Å². The molecule has 15 heavy (non-hydrogen) atoms. The third kappa shape index (κ3) is 2.81. The minimum atomic E-state index is 0.375. The van der Waals surface area contributed by atoms with Crippen LogP contribution in [0.4, 0.5) is 0 Å². The van der Waals surface area contributed by atoms with Gasteiger partial charge in [0.05, 0.1) is 17.4 Å². The van der Waals surface area contributed by atoms with Crippen molar-refractivity contribution in [3.8, 4) is 0 Å². The zero-order valence-electron chi connectivity index (χ0n) is 7.39. The molecule has 0 spiro atoms. The van der Waals surface area contributed by atoms with Crippen LogP contribution in [0, 0.1) is 0 Å². The molecule has 0 atom stereocenters. The van der Waals surface area contributed by atoms with E-state index in [4.69, 9.17) is 23.2 Å². The molecule has 0 saturated carbocycles. The van der Waals surface area contributed by atoms with Crippen molar-refractivity contribution < 1.29 is 0 Å². The highest BCUT2D eigenvalue weighted by atomic mass is 35.5. The fourth-order valence-electron chi connectivity index (χ4n) is 0.911. The fraction of sp³-hybridized carbons (Fsp3) is 0. The van der Waals surface area contributed by atoms with E-state index in [-0.39, 0.29) is 0 Å². The first-order chi connectivity index (χ1) is 7.25. The highest BCUT2D eigenvalue weighted by molar-refractivity contribution is 7.99. The zero-order valence-corrected chi connectivity index (χ0v) is 9.72. The van der Waals surface area contributed by atoms with Gasteiger partial charge in [-0.05, 0) is 6.07 Å². The van der Waals surface area contributed by atoms with Gasteiger partial charge in [-0.1, -0.05) is 35.0 Å². The van der Waals surface area contributed by atoms with Gasteiger partial charge in [0.25, 0.3) is 0 Å². The summed E-state index contributed by atoms with van der Waals surface area (Å²) < 4.78 is 0. The van der Waals surface area contributed by atoms with Crippen molar-refractivity contribution in [2.24, 2.45) is 0 Å². The second-order valence-corrected chi connectivity index (χ2v) is 4.44. The lowest BCUT2D eigenvalue weighted by molar-refractivity contribution is 1.05. The topological polar surface area (TPSA) is 38.7 Å². The van der Waals surface area contributed by atoms with Gasteiger partial charge in [0.2, 0.25) is 0 Å². The first-order valence-electron chi connectivity index (χ1n) is 4.00. The molecular formula is C9H5Cl2N3S. The molecule has 0 fully saturated rings. The zero-order chi connectivity index (χ0) is 10.7. The van der Waals surface area contributed by atoms with Crippen LogP contribution in [0.2, 0.25) is 10.2 Å². The molecule has 0 N–H and O–H groups in total. The summed E-state index contributed by atoms with van der Waals surface area (Å²) in [6.07, 6.45) is 6.37. The Balaban J connectivity index is 2.22. The van der Waals surface area contributed by atoms with Gasteiger partial charge in [0.1, 0.15) is 10.2 Å². The van der Waals surface area contributed by atoms with Gasteiger partial charge >= 0.3 is 0 Å². The van der Waals surface area contributed by atoms with Crippen LogP contribution in [0.1, 0.15) is 0 Å². The number of rotatable bonds is 2. The Morgan fingerprint density at radius 1 is 1.07 bits per heavy atom. The van der Waals surface area contributed by atoms with E-state index in [9.17, 15) is 0 Å². The maximum Gasteiger partial charge on any atom is 0.147 e. The molecular weight excluding hydrogens is 253 g/mol. The van der Waals surface area contributed by atoms with Crippen LogP contribution < -0.4 is 0 Å². The largest absolute Gasteiger partial charge is 0.263 e. The lowest BCUT2D eigenvalue weighted by atomic mass is 10.5. The Kier molecular flexibility index (Phi) is 3.41. The average Bonchev–Trinajstić information content (AvgIpc) is 2.25. The van der Waals surface area contributed by atoms with Crippen molar-refractivity contribution in [1.82, 2.24) is 15.0 Å².